The van der Waals surface area contributed by atoms with Crippen molar-refractivity contribution in [3.05, 3.63) is 11.9 Å². The molecule has 0 aliphatic heterocycles. The van der Waals surface area contributed by atoms with Crippen LogP contribution in [0.15, 0.2) is 11.9 Å². The lowest BCUT2D eigenvalue weighted by Crippen LogP contribution is -2.10. The average Bonchev–Trinajstić information content (AvgIpc) is 1.88. The molecule has 2 heteroatoms. The van der Waals surface area contributed by atoms with Crippen LogP contribution in [0, 0.1) is 0 Å². The maximum absolute atomic E-state index is 12.4. The summed E-state index contributed by atoms with van der Waals surface area (Å²) in [5.74, 6) is -0.0203. The molecule has 1 aliphatic rings. The molecule has 0 saturated heterocycles. The van der Waals surface area contributed by atoms with E-state index in [9.17, 15) is 4.39 Å². The molecule has 0 radical (unpaired) electrons. The molecule has 0 fully saturated rings. The lowest BCUT2D eigenvalue weighted by atomic mass is 10.0. The average molecular weight is 130 g/mol. The minimum atomic E-state index is -0.0203. The van der Waals surface area contributed by atoms with E-state index in [1.807, 2.05) is 0 Å². The van der Waals surface area contributed by atoms with Gasteiger partial charge in [0.15, 0.2) is 0 Å². The van der Waals surface area contributed by atoms with E-state index in [1.165, 1.54) is 0 Å². The third-order valence-corrected chi connectivity index (χ3v) is 1.57. The standard InChI is InChI=1S/C7H11FO/c1-9-7-4-2-3-6(8)5-7/h5,7H,2-4H2,1H3. The molecule has 1 unspecified atom stereocenters. The summed E-state index contributed by atoms with van der Waals surface area (Å²) in [6, 6.07) is 0. The van der Waals surface area contributed by atoms with Crippen LogP contribution in [0.2, 0.25) is 0 Å². The summed E-state index contributed by atoms with van der Waals surface area (Å²) >= 11 is 0. The van der Waals surface area contributed by atoms with Crippen LogP contribution < -0.4 is 0 Å². The summed E-state index contributed by atoms with van der Waals surface area (Å²) in [7, 11) is 1.61. The first-order valence-corrected chi connectivity index (χ1v) is 3.22. The van der Waals surface area contributed by atoms with E-state index < -0.39 is 0 Å². The fraction of sp³-hybridized carbons (Fsp3) is 0.714. The fourth-order valence-electron chi connectivity index (χ4n) is 1.03. The number of methoxy groups -OCH3 is 1. The van der Waals surface area contributed by atoms with Gasteiger partial charge in [-0.15, -0.1) is 0 Å². The topological polar surface area (TPSA) is 9.23 Å². The van der Waals surface area contributed by atoms with Crippen molar-refractivity contribution in [2.24, 2.45) is 0 Å². The van der Waals surface area contributed by atoms with Gasteiger partial charge in [0.1, 0.15) is 0 Å². The molecule has 0 bridgehead atoms. The molecule has 0 amide bonds. The number of allylic oxidation sites excluding steroid dienone is 1. The molecule has 9 heavy (non-hydrogen) atoms. The Morgan fingerprint density at radius 2 is 2.56 bits per heavy atom. The highest BCUT2D eigenvalue weighted by molar-refractivity contribution is 5.00. The zero-order chi connectivity index (χ0) is 6.69. The van der Waals surface area contributed by atoms with E-state index in [2.05, 4.69) is 0 Å². The highest BCUT2D eigenvalue weighted by Crippen LogP contribution is 2.19. The van der Waals surface area contributed by atoms with Crippen LogP contribution >= 0.6 is 0 Å². The van der Waals surface area contributed by atoms with Gasteiger partial charge in [0.25, 0.3) is 0 Å². The summed E-state index contributed by atoms with van der Waals surface area (Å²) in [5.41, 5.74) is 0. The molecular formula is C7H11FO. The van der Waals surface area contributed by atoms with E-state index in [1.54, 1.807) is 13.2 Å². The van der Waals surface area contributed by atoms with E-state index in [0.29, 0.717) is 6.42 Å². The molecule has 0 aromatic heterocycles. The largest absolute Gasteiger partial charge is 0.377 e. The van der Waals surface area contributed by atoms with Gasteiger partial charge in [0.2, 0.25) is 0 Å². The normalized spacial score (nSPS) is 27.8. The molecular weight excluding hydrogens is 119 g/mol. The van der Waals surface area contributed by atoms with Crippen LogP contribution in [0.1, 0.15) is 19.3 Å². The Morgan fingerprint density at radius 3 is 3.00 bits per heavy atom. The van der Waals surface area contributed by atoms with Gasteiger partial charge in [-0.1, -0.05) is 0 Å². The van der Waals surface area contributed by atoms with Gasteiger partial charge < -0.3 is 4.74 Å². The van der Waals surface area contributed by atoms with Crippen LogP contribution in [-0.2, 0) is 4.74 Å². The molecule has 0 N–H and O–H groups in total. The first-order chi connectivity index (χ1) is 4.33. The number of rotatable bonds is 1. The van der Waals surface area contributed by atoms with Crippen molar-refractivity contribution in [2.75, 3.05) is 7.11 Å². The SMILES string of the molecule is COC1C=C(F)CCC1. The first-order valence-electron chi connectivity index (χ1n) is 3.22. The Bertz CT molecular complexity index is 120. The Hall–Kier alpha value is -0.370. The molecule has 0 aromatic carbocycles. The van der Waals surface area contributed by atoms with Crippen molar-refractivity contribution in [3.8, 4) is 0 Å². The molecule has 0 aromatic rings. The van der Waals surface area contributed by atoms with Crippen molar-refractivity contribution in [1.29, 1.82) is 0 Å². The number of ether oxygens (including phenoxy) is 1. The summed E-state index contributed by atoms with van der Waals surface area (Å²) in [5, 5.41) is 0. The zero-order valence-corrected chi connectivity index (χ0v) is 5.56. The Labute approximate surface area is 54.5 Å². The molecule has 52 valence electrons. The highest BCUT2D eigenvalue weighted by Gasteiger charge is 2.11. The second kappa shape index (κ2) is 2.97. The van der Waals surface area contributed by atoms with Gasteiger partial charge in [-0.2, -0.15) is 0 Å². The molecule has 1 aliphatic carbocycles. The van der Waals surface area contributed by atoms with Gasteiger partial charge in [0, 0.05) is 7.11 Å². The monoisotopic (exact) mass is 130 g/mol. The quantitative estimate of drug-likeness (QED) is 0.527. The van der Waals surface area contributed by atoms with Crippen LogP contribution in [0.4, 0.5) is 4.39 Å². The number of hydrogen-bond acceptors (Lipinski definition) is 1. The lowest BCUT2D eigenvalue weighted by molar-refractivity contribution is 0.123. The van der Waals surface area contributed by atoms with Crippen molar-refractivity contribution in [3.63, 3.8) is 0 Å². The van der Waals surface area contributed by atoms with Crippen LogP contribution in [0.3, 0.4) is 0 Å². The third kappa shape index (κ3) is 1.79. The van der Waals surface area contributed by atoms with Crippen LogP contribution in [-0.4, -0.2) is 13.2 Å². The Morgan fingerprint density at radius 1 is 1.78 bits per heavy atom. The van der Waals surface area contributed by atoms with Gasteiger partial charge in [-0.25, -0.2) is 4.39 Å². The van der Waals surface area contributed by atoms with Crippen molar-refractivity contribution >= 4 is 0 Å². The van der Waals surface area contributed by atoms with Gasteiger partial charge in [-0.05, 0) is 25.3 Å². The van der Waals surface area contributed by atoms with Crippen molar-refractivity contribution < 1.29 is 9.13 Å². The molecule has 1 rings (SSSR count). The fourth-order valence-corrected chi connectivity index (χ4v) is 1.03. The van der Waals surface area contributed by atoms with Crippen molar-refractivity contribution in [1.82, 2.24) is 0 Å². The summed E-state index contributed by atoms with van der Waals surface area (Å²) in [4.78, 5) is 0. The molecule has 0 spiro atoms. The Kier molecular flexibility index (Phi) is 2.22. The lowest BCUT2D eigenvalue weighted by Gasteiger charge is -2.14. The van der Waals surface area contributed by atoms with E-state index in [-0.39, 0.29) is 11.9 Å². The predicted octanol–water partition coefficient (Wildman–Crippen LogP) is 2.04. The maximum atomic E-state index is 12.4. The second-order valence-corrected chi connectivity index (χ2v) is 2.28. The molecule has 1 nitrogen and oxygen atoms in total. The van der Waals surface area contributed by atoms with Gasteiger partial charge in [-0.3, -0.25) is 0 Å². The Balaban J connectivity index is 2.47. The first kappa shape index (κ1) is 6.75. The molecule has 0 heterocycles. The predicted molar refractivity (Wildman–Crippen MR) is 33.8 cm³/mol. The second-order valence-electron chi connectivity index (χ2n) is 2.28. The van der Waals surface area contributed by atoms with E-state index in [4.69, 9.17) is 4.74 Å². The van der Waals surface area contributed by atoms with E-state index in [0.717, 1.165) is 12.8 Å². The molecule has 1 atom stereocenters. The molecule has 0 saturated carbocycles. The zero-order valence-electron chi connectivity index (χ0n) is 5.56. The minimum Gasteiger partial charge on any atom is -0.377 e. The summed E-state index contributed by atoms with van der Waals surface area (Å²) in [6.45, 7) is 0. The maximum Gasteiger partial charge on any atom is 0.0985 e. The number of halogens is 1. The number of hydrogen-bond donors (Lipinski definition) is 0. The van der Waals surface area contributed by atoms with Crippen LogP contribution in [0.5, 0.6) is 0 Å². The van der Waals surface area contributed by atoms with E-state index >= 15 is 0 Å². The smallest absolute Gasteiger partial charge is 0.0985 e. The summed E-state index contributed by atoms with van der Waals surface area (Å²) in [6.07, 6.45) is 4.06. The van der Waals surface area contributed by atoms with Gasteiger partial charge in [0.05, 0.1) is 11.9 Å². The minimum absolute atomic E-state index is 0.0203. The van der Waals surface area contributed by atoms with Crippen molar-refractivity contribution in [2.45, 2.75) is 25.4 Å². The summed E-state index contributed by atoms with van der Waals surface area (Å²) < 4.78 is 17.3. The highest BCUT2D eigenvalue weighted by atomic mass is 19.1. The third-order valence-electron chi connectivity index (χ3n) is 1.57. The van der Waals surface area contributed by atoms with Gasteiger partial charge >= 0.3 is 0 Å². The van der Waals surface area contributed by atoms with Crippen LogP contribution in [0.25, 0.3) is 0 Å².